The van der Waals surface area contributed by atoms with Gasteiger partial charge in [-0.2, -0.15) is 0 Å². The fraction of sp³-hybridized carbons (Fsp3) is 0.950. The first-order valence-corrected chi connectivity index (χ1v) is 10.4. The first-order valence-electron chi connectivity index (χ1n) is 10.4. The average molecular weight is 337 g/mol. The van der Waals surface area contributed by atoms with Gasteiger partial charge in [0.25, 0.3) is 0 Å². The number of piperidine rings is 1. The second-order valence-electron chi connectivity index (χ2n) is 8.28. The topological polar surface area (TPSA) is 41.6 Å². The molecule has 1 saturated carbocycles. The minimum absolute atomic E-state index is 0.199. The van der Waals surface area contributed by atoms with Crippen LogP contribution in [0.3, 0.4) is 0 Å². The molecular weight excluding hydrogens is 300 g/mol. The van der Waals surface area contributed by atoms with E-state index >= 15 is 0 Å². The lowest BCUT2D eigenvalue weighted by atomic mass is 9.68. The Labute approximate surface area is 147 Å². The number of nitrogens with zero attached hydrogens (tertiary/aromatic N) is 1. The molecule has 2 heterocycles. The summed E-state index contributed by atoms with van der Waals surface area (Å²) in [5, 5.41) is 3.10. The standard InChI is InChI=1S/C20H36N2O2/c23-19(8-7-18-6-2-5-17-24-18)21-13-16-22-14-11-20(12-15-22)9-3-1-4-10-20/h18H,1-17H2,(H,21,23)/t18-/m0/s1. The van der Waals surface area contributed by atoms with Gasteiger partial charge in [-0.25, -0.2) is 0 Å². The van der Waals surface area contributed by atoms with Gasteiger partial charge in [-0.1, -0.05) is 19.3 Å². The Morgan fingerprint density at radius 1 is 1.04 bits per heavy atom. The van der Waals surface area contributed by atoms with Gasteiger partial charge < -0.3 is 15.0 Å². The molecule has 1 amide bonds. The predicted octanol–water partition coefficient (Wildman–Crippen LogP) is 3.50. The number of carbonyl (C=O) groups excluding carboxylic acids is 1. The lowest BCUT2D eigenvalue weighted by molar-refractivity contribution is -0.122. The second kappa shape index (κ2) is 9.19. The van der Waals surface area contributed by atoms with Crippen LogP contribution in [0.1, 0.15) is 77.0 Å². The number of nitrogens with one attached hydrogen (secondary N) is 1. The van der Waals surface area contributed by atoms with E-state index in [0.717, 1.165) is 32.5 Å². The van der Waals surface area contributed by atoms with Crippen LogP contribution < -0.4 is 5.32 Å². The lowest BCUT2D eigenvalue weighted by Gasteiger charge is -2.44. The van der Waals surface area contributed by atoms with Gasteiger partial charge in [-0.05, 0) is 69.9 Å². The monoisotopic (exact) mass is 336 g/mol. The number of carbonyl (C=O) groups is 1. The molecule has 24 heavy (non-hydrogen) atoms. The minimum atomic E-state index is 0.199. The number of ether oxygens (including phenoxy) is 1. The Balaban J connectivity index is 1.25. The van der Waals surface area contributed by atoms with E-state index in [4.69, 9.17) is 4.74 Å². The van der Waals surface area contributed by atoms with Crippen LogP contribution in [0.5, 0.6) is 0 Å². The van der Waals surface area contributed by atoms with Crippen LogP contribution in [-0.2, 0) is 9.53 Å². The molecule has 4 nitrogen and oxygen atoms in total. The Hall–Kier alpha value is -0.610. The molecule has 2 aliphatic heterocycles. The first kappa shape index (κ1) is 18.2. The van der Waals surface area contributed by atoms with Gasteiger partial charge >= 0.3 is 0 Å². The fourth-order valence-electron chi connectivity index (χ4n) is 4.82. The Kier molecular flexibility index (Phi) is 6.96. The number of amides is 1. The Bertz CT molecular complexity index is 377. The molecule has 3 aliphatic rings. The van der Waals surface area contributed by atoms with Crippen LogP contribution in [-0.4, -0.2) is 49.7 Å². The number of hydrogen-bond acceptors (Lipinski definition) is 3. The average Bonchev–Trinajstić information content (AvgIpc) is 2.63. The molecule has 0 bridgehead atoms. The van der Waals surface area contributed by atoms with E-state index in [1.54, 1.807) is 0 Å². The molecule has 0 aromatic heterocycles. The lowest BCUT2D eigenvalue weighted by Crippen LogP contribution is -2.44. The molecule has 3 fully saturated rings. The molecule has 0 radical (unpaired) electrons. The van der Waals surface area contributed by atoms with Crippen molar-refractivity contribution in [1.82, 2.24) is 10.2 Å². The third-order valence-electron chi connectivity index (χ3n) is 6.55. The normalized spacial score (nSPS) is 27.9. The number of rotatable bonds is 6. The highest BCUT2D eigenvalue weighted by atomic mass is 16.5. The Morgan fingerprint density at radius 3 is 2.54 bits per heavy atom. The quantitative estimate of drug-likeness (QED) is 0.807. The maximum Gasteiger partial charge on any atom is 0.220 e. The molecule has 2 saturated heterocycles. The van der Waals surface area contributed by atoms with Crippen molar-refractivity contribution in [2.24, 2.45) is 5.41 Å². The summed E-state index contributed by atoms with van der Waals surface area (Å²) >= 11 is 0. The number of likely N-dealkylation sites (tertiary alicyclic amines) is 1. The van der Waals surface area contributed by atoms with Crippen LogP contribution in [0.15, 0.2) is 0 Å². The van der Waals surface area contributed by atoms with E-state index in [9.17, 15) is 4.79 Å². The molecule has 1 atom stereocenters. The van der Waals surface area contributed by atoms with Gasteiger partial charge in [0.05, 0.1) is 6.10 Å². The summed E-state index contributed by atoms with van der Waals surface area (Å²) in [7, 11) is 0. The molecule has 4 heteroatoms. The smallest absolute Gasteiger partial charge is 0.220 e. The third-order valence-corrected chi connectivity index (χ3v) is 6.55. The molecule has 0 aromatic rings. The van der Waals surface area contributed by atoms with Crippen LogP contribution in [0.2, 0.25) is 0 Å². The molecule has 1 spiro atoms. The minimum Gasteiger partial charge on any atom is -0.378 e. The van der Waals surface area contributed by atoms with Crippen molar-refractivity contribution in [3.8, 4) is 0 Å². The summed E-state index contributed by atoms with van der Waals surface area (Å²) < 4.78 is 5.69. The molecule has 1 N–H and O–H groups in total. The van der Waals surface area contributed by atoms with Crippen molar-refractivity contribution in [2.45, 2.75) is 83.2 Å². The third kappa shape index (κ3) is 5.45. The van der Waals surface area contributed by atoms with Gasteiger partial charge in [-0.3, -0.25) is 4.79 Å². The van der Waals surface area contributed by atoms with E-state index in [2.05, 4.69) is 10.2 Å². The largest absolute Gasteiger partial charge is 0.378 e. The summed E-state index contributed by atoms with van der Waals surface area (Å²) in [5.41, 5.74) is 0.679. The highest BCUT2D eigenvalue weighted by molar-refractivity contribution is 5.75. The van der Waals surface area contributed by atoms with E-state index in [1.165, 1.54) is 70.9 Å². The highest BCUT2D eigenvalue weighted by Crippen LogP contribution is 2.44. The zero-order valence-corrected chi connectivity index (χ0v) is 15.4. The highest BCUT2D eigenvalue weighted by Gasteiger charge is 2.35. The van der Waals surface area contributed by atoms with Crippen LogP contribution in [0.25, 0.3) is 0 Å². The zero-order chi connectivity index (χ0) is 16.7. The van der Waals surface area contributed by atoms with Gasteiger partial charge in [0.1, 0.15) is 0 Å². The summed E-state index contributed by atoms with van der Waals surface area (Å²) in [5.74, 6) is 0.199. The molecule has 3 rings (SSSR count). The van der Waals surface area contributed by atoms with Crippen molar-refractivity contribution < 1.29 is 9.53 Å². The van der Waals surface area contributed by atoms with E-state index in [0.29, 0.717) is 17.9 Å². The van der Waals surface area contributed by atoms with Gasteiger partial charge in [0.15, 0.2) is 0 Å². The van der Waals surface area contributed by atoms with Crippen LogP contribution in [0.4, 0.5) is 0 Å². The summed E-state index contributed by atoms with van der Waals surface area (Å²) in [4.78, 5) is 14.5. The zero-order valence-electron chi connectivity index (χ0n) is 15.4. The molecular formula is C20H36N2O2. The van der Waals surface area contributed by atoms with Gasteiger partial charge in [-0.15, -0.1) is 0 Å². The van der Waals surface area contributed by atoms with Crippen LogP contribution >= 0.6 is 0 Å². The SMILES string of the molecule is O=C(CC[C@@H]1CCCCO1)NCCN1CCC2(CCCCC2)CC1. The van der Waals surface area contributed by atoms with Gasteiger partial charge in [0, 0.05) is 26.1 Å². The van der Waals surface area contributed by atoms with Gasteiger partial charge in [0.2, 0.25) is 5.91 Å². The summed E-state index contributed by atoms with van der Waals surface area (Å²) in [6.07, 6.45) is 15.4. The first-order chi connectivity index (χ1) is 11.8. The van der Waals surface area contributed by atoms with E-state index < -0.39 is 0 Å². The van der Waals surface area contributed by atoms with Crippen molar-refractivity contribution >= 4 is 5.91 Å². The molecule has 1 aliphatic carbocycles. The molecule has 138 valence electrons. The summed E-state index contributed by atoms with van der Waals surface area (Å²) in [6.45, 7) is 5.15. The van der Waals surface area contributed by atoms with Crippen molar-refractivity contribution in [3.63, 3.8) is 0 Å². The van der Waals surface area contributed by atoms with Crippen molar-refractivity contribution in [1.29, 1.82) is 0 Å². The number of hydrogen-bond donors (Lipinski definition) is 1. The molecule has 0 unspecified atom stereocenters. The van der Waals surface area contributed by atoms with E-state index in [1.807, 2.05) is 0 Å². The van der Waals surface area contributed by atoms with E-state index in [-0.39, 0.29) is 5.91 Å². The maximum atomic E-state index is 12.0. The predicted molar refractivity (Wildman–Crippen MR) is 97.0 cm³/mol. The van der Waals surface area contributed by atoms with Crippen molar-refractivity contribution in [3.05, 3.63) is 0 Å². The second-order valence-corrected chi connectivity index (χ2v) is 8.28. The van der Waals surface area contributed by atoms with Crippen LogP contribution in [0, 0.1) is 5.41 Å². The maximum absolute atomic E-state index is 12.0. The van der Waals surface area contributed by atoms with Crippen molar-refractivity contribution in [2.75, 3.05) is 32.8 Å². The fourth-order valence-corrected chi connectivity index (χ4v) is 4.82. The molecule has 0 aromatic carbocycles. The Morgan fingerprint density at radius 2 is 1.83 bits per heavy atom. The summed E-state index contributed by atoms with van der Waals surface area (Å²) in [6, 6.07) is 0.